The molecule has 0 amide bonds. The zero-order chi connectivity index (χ0) is 15.6. The molecule has 116 valence electrons. The third kappa shape index (κ3) is 3.23. The molecule has 0 aromatic heterocycles. The van der Waals surface area contributed by atoms with Crippen molar-refractivity contribution < 1.29 is 8.42 Å². The van der Waals surface area contributed by atoms with Gasteiger partial charge >= 0.3 is 0 Å². The van der Waals surface area contributed by atoms with Crippen molar-refractivity contribution in [2.45, 2.75) is 18.4 Å². The van der Waals surface area contributed by atoms with Gasteiger partial charge in [0.2, 0.25) is 0 Å². The molecule has 0 aliphatic carbocycles. The van der Waals surface area contributed by atoms with Gasteiger partial charge in [-0.3, -0.25) is 4.72 Å². The maximum Gasteiger partial charge on any atom is 0.261 e. The van der Waals surface area contributed by atoms with E-state index < -0.39 is 10.0 Å². The zero-order valence-electron chi connectivity index (χ0n) is 12.4. The summed E-state index contributed by atoms with van der Waals surface area (Å²) in [6.07, 6.45) is 0. The first kappa shape index (κ1) is 14.9. The number of anilines is 2. The number of sulfonamides is 1. The van der Waals surface area contributed by atoms with E-state index in [0.29, 0.717) is 5.69 Å². The molecule has 0 bridgehead atoms. The van der Waals surface area contributed by atoms with Gasteiger partial charge < -0.3 is 10.6 Å². The number of hydrogen-bond acceptors (Lipinski definition) is 4. The zero-order valence-corrected chi connectivity index (χ0v) is 13.2. The molecule has 3 N–H and O–H groups in total. The first-order chi connectivity index (χ1) is 10.5. The predicted molar refractivity (Wildman–Crippen MR) is 88.6 cm³/mol. The molecule has 1 aliphatic heterocycles. The number of rotatable bonds is 3. The molecule has 5 nitrogen and oxygen atoms in total. The Labute approximate surface area is 130 Å². The van der Waals surface area contributed by atoms with Gasteiger partial charge in [-0.1, -0.05) is 23.8 Å². The van der Waals surface area contributed by atoms with Crippen molar-refractivity contribution >= 4 is 21.4 Å². The van der Waals surface area contributed by atoms with Gasteiger partial charge in [-0.2, -0.15) is 0 Å². The van der Waals surface area contributed by atoms with E-state index in [4.69, 9.17) is 0 Å². The molecule has 0 unspecified atom stereocenters. The van der Waals surface area contributed by atoms with E-state index in [1.54, 1.807) is 30.3 Å². The molecule has 2 aromatic carbocycles. The Bertz CT molecular complexity index is 770. The fourth-order valence-electron chi connectivity index (χ4n) is 2.40. The van der Waals surface area contributed by atoms with Crippen LogP contribution >= 0.6 is 0 Å². The minimum absolute atomic E-state index is 0.266. The summed E-state index contributed by atoms with van der Waals surface area (Å²) in [4.78, 5) is 0.266. The molecule has 0 fully saturated rings. The molecule has 0 radical (unpaired) electrons. The second-order valence-electron chi connectivity index (χ2n) is 5.39. The molecule has 0 saturated carbocycles. The van der Waals surface area contributed by atoms with Crippen LogP contribution in [0.4, 0.5) is 11.4 Å². The molecule has 22 heavy (non-hydrogen) atoms. The minimum Gasteiger partial charge on any atom is -0.383 e. The summed E-state index contributed by atoms with van der Waals surface area (Å²) in [5, 5.41) is 6.60. The fourth-order valence-corrected chi connectivity index (χ4v) is 3.45. The highest BCUT2D eigenvalue weighted by Crippen LogP contribution is 2.24. The largest absolute Gasteiger partial charge is 0.383 e. The van der Waals surface area contributed by atoms with Crippen molar-refractivity contribution in [2.75, 3.05) is 23.1 Å². The van der Waals surface area contributed by atoms with Crippen LogP contribution in [0.3, 0.4) is 0 Å². The van der Waals surface area contributed by atoms with Crippen LogP contribution in [0.1, 0.15) is 11.1 Å². The summed E-state index contributed by atoms with van der Waals surface area (Å²) >= 11 is 0. The maximum atomic E-state index is 12.4. The average Bonchev–Trinajstić information content (AvgIpc) is 2.72. The van der Waals surface area contributed by atoms with Crippen LogP contribution in [0.5, 0.6) is 0 Å². The normalized spacial score (nSPS) is 14.6. The third-order valence-electron chi connectivity index (χ3n) is 3.63. The number of nitrogens with one attached hydrogen (secondary N) is 3. The van der Waals surface area contributed by atoms with Gasteiger partial charge in [-0.15, -0.1) is 0 Å². The molecular weight excluding hydrogens is 298 g/mol. The van der Waals surface area contributed by atoms with Gasteiger partial charge in [0.1, 0.15) is 0 Å². The molecule has 1 heterocycles. The van der Waals surface area contributed by atoms with Crippen molar-refractivity contribution in [3.8, 4) is 0 Å². The summed E-state index contributed by atoms with van der Waals surface area (Å²) in [6.45, 7) is 4.42. The van der Waals surface area contributed by atoms with E-state index in [-0.39, 0.29) is 4.90 Å². The van der Waals surface area contributed by atoms with E-state index in [0.717, 1.165) is 36.4 Å². The lowest BCUT2D eigenvalue weighted by atomic mass is 10.1. The van der Waals surface area contributed by atoms with E-state index in [1.165, 1.54) is 0 Å². The lowest BCUT2D eigenvalue weighted by molar-refractivity contribution is 0.601. The van der Waals surface area contributed by atoms with Crippen LogP contribution in [0.15, 0.2) is 47.4 Å². The summed E-state index contributed by atoms with van der Waals surface area (Å²) in [6, 6.07) is 12.4. The van der Waals surface area contributed by atoms with Crippen molar-refractivity contribution in [3.63, 3.8) is 0 Å². The Balaban J connectivity index is 1.86. The highest BCUT2D eigenvalue weighted by atomic mass is 32.2. The standard InChI is InChI=1S/C16H19N3O2S/c1-12-2-6-15(7-3-12)22(20,21)19-14-5-4-13-11-17-8-9-18-16(13)10-14/h2-7,10,17-19H,8-9,11H2,1H3. The maximum absolute atomic E-state index is 12.4. The second kappa shape index (κ2) is 5.98. The first-order valence-electron chi connectivity index (χ1n) is 7.22. The van der Waals surface area contributed by atoms with Crippen molar-refractivity contribution in [2.24, 2.45) is 0 Å². The lowest BCUT2D eigenvalue weighted by Crippen LogP contribution is -2.16. The smallest absolute Gasteiger partial charge is 0.261 e. The molecule has 6 heteroatoms. The van der Waals surface area contributed by atoms with Gasteiger partial charge in [0, 0.05) is 25.3 Å². The molecule has 0 spiro atoms. The van der Waals surface area contributed by atoms with Crippen LogP contribution in [0.25, 0.3) is 0 Å². The van der Waals surface area contributed by atoms with E-state index >= 15 is 0 Å². The van der Waals surface area contributed by atoms with Crippen molar-refractivity contribution in [1.29, 1.82) is 0 Å². The SMILES string of the molecule is Cc1ccc(S(=O)(=O)Nc2ccc3c(c2)NCCNC3)cc1. The molecule has 0 saturated heterocycles. The van der Waals surface area contributed by atoms with E-state index in [2.05, 4.69) is 15.4 Å². The Morgan fingerprint density at radius 2 is 1.82 bits per heavy atom. The van der Waals surface area contributed by atoms with Crippen LogP contribution in [-0.4, -0.2) is 21.5 Å². The van der Waals surface area contributed by atoms with Crippen LogP contribution < -0.4 is 15.4 Å². The van der Waals surface area contributed by atoms with E-state index in [9.17, 15) is 8.42 Å². The number of aryl methyl sites for hydroxylation is 1. The van der Waals surface area contributed by atoms with Gasteiger partial charge in [-0.05, 0) is 36.8 Å². The molecule has 0 atom stereocenters. The second-order valence-corrected chi connectivity index (χ2v) is 7.08. The third-order valence-corrected chi connectivity index (χ3v) is 5.02. The lowest BCUT2D eigenvalue weighted by Gasteiger charge is -2.12. The highest BCUT2D eigenvalue weighted by Gasteiger charge is 2.15. The average molecular weight is 317 g/mol. The van der Waals surface area contributed by atoms with E-state index in [1.807, 2.05) is 19.1 Å². The highest BCUT2D eigenvalue weighted by molar-refractivity contribution is 7.92. The first-order valence-corrected chi connectivity index (χ1v) is 8.70. The number of fused-ring (bicyclic) bond motifs is 1. The summed E-state index contributed by atoms with van der Waals surface area (Å²) < 4.78 is 27.4. The Morgan fingerprint density at radius 1 is 1.05 bits per heavy atom. The minimum atomic E-state index is -3.56. The quantitative estimate of drug-likeness (QED) is 0.812. The van der Waals surface area contributed by atoms with Crippen molar-refractivity contribution in [3.05, 3.63) is 53.6 Å². The van der Waals surface area contributed by atoms with Crippen LogP contribution in [0.2, 0.25) is 0 Å². The fraction of sp³-hybridized carbons (Fsp3) is 0.250. The van der Waals surface area contributed by atoms with Crippen molar-refractivity contribution in [1.82, 2.24) is 5.32 Å². The Morgan fingerprint density at radius 3 is 2.59 bits per heavy atom. The predicted octanol–water partition coefficient (Wildman–Crippen LogP) is 2.31. The number of benzene rings is 2. The van der Waals surface area contributed by atoms with Gasteiger partial charge in [0.15, 0.2) is 0 Å². The molecule has 2 aromatic rings. The van der Waals surface area contributed by atoms with Crippen LogP contribution in [0, 0.1) is 6.92 Å². The monoisotopic (exact) mass is 317 g/mol. The summed E-state index contributed by atoms with van der Waals surface area (Å²) in [5.74, 6) is 0. The molecule has 1 aliphatic rings. The van der Waals surface area contributed by atoms with Crippen LogP contribution in [-0.2, 0) is 16.6 Å². The summed E-state index contributed by atoms with van der Waals surface area (Å²) in [7, 11) is -3.56. The molecular formula is C16H19N3O2S. The topological polar surface area (TPSA) is 70.2 Å². The molecule has 3 rings (SSSR count). The van der Waals surface area contributed by atoms with Gasteiger partial charge in [0.05, 0.1) is 10.6 Å². The van der Waals surface area contributed by atoms with Gasteiger partial charge in [0.25, 0.3) is 10.0 Å². The number of hydrogen-bond donors (Lipinski definition) is 3. The van der Waals surface area contributed by atoms with Gasteiger partial charge in [-0.25, -0.2) is 8.42 Å². The summed E-state index contributed by atoms with van der Waals surface area (Å²) in [5.41, 5.74) is 3.69. The Kier molecular flexibility index (Phi) is 4.04. The Hall–Kier alpha value is -2.05.